The number of amides is 2. The summed E-state index contributed by atoms with van der Waals surface area (Å²) in [6, 6.07) is 11.8. The predicted octanol–water partition coefficient (Wildman–Crippen LogP) is 5.08. The highest BCUT2D eigenvalue weighted by Crippen LogP contribution is 2.27. The van der Waals surface area contributed by atoms with Gasteiger partial charge < -0.3 is 15.4 Å². The first kappa shape index (κ1) is 21.6. The number of esters is 1. The molecule has 0 spiro atoms. The van der Waals surface area contributed by atoms with Gasteiger partial charge >= 0.3 is 5.97 Å². The molecule has 0 heterocycles. The van der Waals surface area contributed by atoms with Gasteiger partial charge in [-0.15, -0.1) is 0 Å². The van der Waals surface area contributed by atoms with Gasteiger partial charge in [-0.05, 0) is 73.7 Å². The second kappa shape index (κ2) is 10.1. The molecule has 6 heteroatoms. The zero-order chi connectivity index (χ0) is 21.5. The summed E-state index contributed by atoms with van der Waals surface area (Å²) in [6.45, 7) is 3.21. The molecule has 158 valence electrons. The number of nitrogens with one attached hydrogen (secondary N) is 2. The maximum Gasteiger partial charge on any atom is 0.308 e. The number of aryl methyl sites for hydroxylation is 1. The molecule has 3 rings (SSSR count). The Balaban J connectivity index is 1.57. The van der Waals surface area contributed by atoms with Crippen LogP contribution in [-0.2, 0) is 9.59 Å². The molecule has 0 aromatic heterocycles. The van der Waals surface area contributed by atoms with E-state index >= 15 is 0 Å². The van der Waals surface area contributed by atoms with Gasteiger partial charge in [0.05, 0.1) is 0 Å². The highest BCUT2D eigenvalue weighted by atomic mass is 16.5. The summed E-state index contributed by atoms with van der Waals surface area (Å²) in [4.78, 5) is 35.8. The quantitative estimate of drug-likeness (QED) is 0.515. The Hall–Kier alpha value is -3.15. The maximum atomic E-state index is 12.5. The highest BCUT2D eigenvalue weighted by molar-refractivity contribution is 6.05. The molecule has 2 aromatic rings. The third-order valence-electron chi connectivity index (χ3n) is 5.34. The molecule has 0 aliphatic heterocycles. The Kier molecular flexibility index (Phi) is 7.22. The van der Waals surface area contributed by atoms with Crippen molar-refractivity contribution in [2.45, 2.75) is 52.4 Å². The van der Waals surface area contributed by atoms with E-state index in [0.717, 1.165) is 24.1 Å². The Morgan fingerprint density at radius 3 is 2.30 bits per heavy atom. The molecule has 2 amide bonds. The van der Waals surface area contributed by atoms with Gasteiger partial charge in [0.1, 0.15) is 5.75 Å². The standard InChI is InChI=1S/C24H28N2O4/c1-16-14-20(25-23(28)15-18-6-4-3-5-7-18)10-13-22(16)26-24(29)19-8-11-21(12-9-19)30-17(2)27/h8-14,18H,3-7,15H2,1-2H3,(H,25,28)(H,26,29). The van der Waals surface area contributed by atoms with E-state index in [2.05, 4.69) is 10.6 Å². The molecule has 0 atom stereocenters. The lowest BCUT2D eigenvalue weighted by Crippen LogP contribution is -2.18. The molecular weight excluding hydrogens is 380 g/mol. The predicted molar refractivity (Wildman–Crippen MR) is 117 cm³/mol. The van der Waals surface area contributed by atoms with Crippen LogP contribution in [0.25, 0.3) is 0 Å². The average Bonchev–Trinajstić information content (AvgIpc) is 2.71. The van der Waals surface area contributed by atoms with E-state index in [1.165, 1.54) is 26.2 Å². The van der Waals surface area contributed by atoms with Gasteiger partial charge in [0, 0.05) is 30.3 Å². The van der Waals surface area contributed by atoms with Crippen LogP contribution in [0.1, 0.15) is 61.4 Å². The molecule has 1 saturated carbocycles. The third kappa shape index (κ3) is 6.17. The number of hydrogen-bond acceptors (Lipinski definition) is 4. The average molecular weight is 408 g/mol. The fraction of sp³-hybridized carbons (Fsp3) is 0.375. The van der Waals surface area contributed by atoms with Gasteiger partial charge in [0.2, 0.25) is 5.91 Å². The molecule has 1 aliphatic rings. The van der Waals surface area contributed by atoms with E-state index in [4.69, 9.17) is 4.74 Å². The molecule has 0 bridgehead atoms. The molecular formula is C24H28N2O4. The van der Waals surface area contributed by atoms with Gasteiger partial charge in [0.25, 0.3) is 5.91 Å². The maximum absolute atomic E-state index is 12.5. The smallest absolute Gasteiger partial charge is 0.308 e. The first-order chi connectivity index (χ1) is 14.4. The molecule has 1 fully saturated rings. The molecule has 1 aliphatic carbocycles. The Morgan fingerprint density at radius 1 is 0.967 bits per heavy atom. The summed E-state index contributed by atoms with van der Waals surface area (Å²) in [7, 11) is 0. The summed E-state index contributed by atoms with van der Waals surface area (Å²) >= 11 is 0. The van der Waals surface area contributed by atoms with Gasteiger partial charge in [-0.1, -0.05) is 19.3 Å². The number of hydrogen-bond donors (Lipinski definition) is 2. The Bertz CT molecular complexity index is 915. The number of rotatable bonds is 6. The van der Waals surface area contributed by atoms with Crippen LogP contribution in [0.2, 0.25) is 0 Å². The van der Waals surface area contributed by atoms with Gasteiger partial charge in [-0.3, -0.25) is 14.4 Å². The van der Waals surface area contributed by atoms with Crippen molar-refractivity contribution in [3.8, 4) is 5.75 Å². The molecule has 0 saturated heterocycles. The zero-order valence-electron chi connectivity index (χ0n) is 17.5. The second-order valence-electron chi connectivity index (χ2n) is 7.86. The fourth-order valence-electron chi connectivity index (χ4n) is 3.78. The first-order valence-corrected chi connectivity index (χ1v) is 10.4. The lowest BCUT2D eigenvalue weighted by molar-refractivity contribution is -0.131. The molecule has 0 unspecified atom stereocenters. The molecule has 30 heavy (non-hydrogen) atoms. The van der Waals surface area contributed by atoms with Crippen LogP contribution < -0.4 is 15.4 Å². The lowest BCUT2D eigenvalue weighted by Gasteiger charge is -2.21. The van der Waals surface area contributed by atoms with E-state index < -0.39 is 5.97 Å². The van der Waals surface area contributed by atoms with Crippen LogP contribution in [0.4, 0.5) is 11.4 Å². The Morgan fingerprint density at radius 2 is 1.67 bits per heavy atom. The van der Waals surface area contributed by atoms with Gasteiger partial charge in [-0.2, -0.15) is 0 Å². The van der Waals surface area contributed by atoms with E-state index in [1.54, 1.807) is 36.4 Å². The van der Waals surface area contributed by atoms with Crippen LogP contribution >= 0.6 is 0 Å². The summed E-state index contributed by atoms with van der Waals surface area (Å²) in [5.41, 5.74) is 2.72. The number of anilines is 2. The van der Waals surface area contributed by atoms with Crippen molar-refractivity contribution in [3.63, 3.8) is 0 Å². The van der Waals surface area contributed by atoms with Gasteiger partial charge in [0.15, 0.2) is 0 Å². The van der Waals surface area contributed by atoms with Crippen molar-refractivity contribution >= 4 is 29.2 Å². The van der Waals surface area contributed by atoms with Crippen LogP contribution in [0.5, 0.6) is 5.75 Å². The lowest BCUT2D eigenvalue weighted by atomic mass is 9.87. The van der Waals surface area contributed by atoms with Crippen molar-refractivity contribution in [2.75, 3.05) is 10.6 Å². The van der Waals surface area contributed by atoms with Crippen LogP contribution in [0.3, 0.4) is 0 Å². The molecule has 2 N–H and O–H groups in total. The van der Waals surface area contributed by atoms with E-state index in [0.29, 0.717) is 29.3 Å². The summed E-state index contributed by atoms with van der Waals surface area (Å²) < 4.78 is 4.97. The minimum atomic E-state index is -0.409. The Labute approximate surface area is 177 Å². The molecule has 2 aromatic carbocycles. The van der Waals surface area contributed by atoms with Crippen LogP contribution in [-0.4, -0.2) is 17.8 Å². The zero-order valence-corrected chi connectivity index (χ0v) is 17.5. The van der Waals surface area contributed by atoms with Crippen molar-refractivity contribution in [1.82, 2.24) is 0 Å². The topological polar surface area (TPSA) is 84.5 Å². The largest absolute Gasteiger partial charge is 0.427 e. The van der Waals surface area contributed by atoms with Crippen LogP contribution in [0, 0.1) is 12.8 Å². The summed E-state index contributed by atoms with van der Waals surface area (Å²) in [6.07, 6.45) is 6.57. The van der Waals surface area contributed by atoms with Crippen molar-refractivity contribution in [1.29, 1.82) is 0 Å². The summed E-state index contributed by atoms with van der Waals surface area (Å²) in [5, 5.41) is 5.84. The first-order valence-electron chi connectivity index (χ1n) is 10.4. The monoisotopic (exact) mass is 408 g/mol. The number of carbonyl (C=O) groups is 3. The summed E-state index contributed by atoms with van der Waals surface area (Å²) in [5.74, 6) is 0.260. The number of benzene rings is 2. The normalized spacial score (nSPS) is 14.1. The van der Waals surface area contributed by atoms with Crippen LogP contribution in [0.15, 0.2) is 42.5 Å². The van der Waals surface area contributed by atoms with Gasteiger partial charge in [-0.25, -0.2) is 0 Å². The SMILES string of the molecule is CC(=O)Oc1ccc(C(=O)Nc2ccc(NC(=O)CC3CCCCC3)cc2C)cc1. The number of ether oxygens (including phenoxy) is 1. The van der Waals surface area contributed by atoms with Crippen molar-refractivity contribution in [2.24, 2.45) is 5.92 Å². The second-order valence-corrected chi connectivity index (χ2v) is 7.86. The third-order valence-corrected chi connectivity index (χ3v) is 5.34. The number of carbonyl (C=O) groups excluding carboxylic acids is 3. The molecule has 6 nitrogen and oxygen atoms in total. The van der Waals surface area contributed by atoms with E-state index in [9.17, 15) is 14.4 Å². The van der Waals surface area contributed by atoms with E-state index in [1.807, 2.05) is 13.0 Å². The minimum absolute atomic E-state index is 0.0472. The van der Waals surface area contributed by atoms with Crippen molar-refractivity contribution in [3.05, 3.63) is 53.6 Å². The fourth-order valence-corrected chi connectivity index (χ4v) is 3.78. The molecule has 0 radical (unpaired) electrons. The minimum Gasteiger partial charge on any atom is -0.427 e. The van der Waals surface area contributed by atoms with E-state index in [-0.39, 0.29) is 11.8 Å². The van der Waals surface area contributed by atoms with Crippen molar-refractivity contribution < 1.29 is 19.1 Å². The highest BCUT2D eigenvalue weighted by Gasteiger charge is 2.17.